The SMILES string of the molecule is O=C1Nc2cc(C(F)(F)F)ccc2NC1C(F)F. The van der Waals surface area contributed by atoms with Gasteiger partial charge in [0.25, 0.3) is 12.3 Å². The molecule has 1 aliphatic heterocycles. The van der Waals surface area contributed by atoms with Crippen LogP contribution in [-0.4, -0.2) is 18.4 Å². The quantitative estimate of drug-likeness (QED) is 0.767. The number of rotatable bonds is 1. The van der Waals surface area contributed by atoms with E-state index in [2.05, 4.69) is 5.32 Å². The molecule has 1 heterocycles. The maximum absolute atomic E-state index is 12.4. The number of hydrogen-bond acceptors (Lipinski definition) is 2. The number of benzene rings is 1. The van der Waals surface area contributed by atoms with Crippen LogP contribution in [0.2, 0.25) is 0 Å². The Balaban J connectivity index is 2.35. The third-order valence-electron chi connectivity index (χ3n) is 2.45. The minimum absolute atomic E-state index is 0.0351. The Morgan fingerprint density at radius 2 is 1.83 bits per heavy atom. The van der Waals surface area contributed by atoms with E-state index in [0.717, 1.165) is 12.1 Å². The lowest BCUT2D eigenvalue weighted by Crippen LogP contribution is -2.43. The lowest BCUT2D eigenvalue weighted by atomic mass is 10.1. The van der Waals surface area contributed by atoms with Gasteiger partial charge in [0.15, 0.2) is 6.04 Å². The summed E-state index contributed by atoms with van der Waals surface area (Å²) in [4.78, 5) is 11.2. The minimum atomic E-state index is -4.56. The van der Waals surface area contributed by atoms with E-state index in [0.29, 0.717) is 6.07 Å². The van der Waals surface area contributed by atoms with Gasteiger partial charge >= 0.3 is 6.18 Å². The van der Waals surface area contributed by atoms with Crippen molar-refractivity contribution in [2.24, 2.45) is 0 Å². The van der Waals surface area contributed by atoms with E-state index in [4.69, 9.17) is 0 Å². The van der Waals surface area contributed by atoms with Crippen LogP contribution in [0.4, 0.5) is 33.3 Å². The third kappa shape index (κ3) is 2.22. The lowest BCUT2D eigenvalue weighted by molar-refractivity contribution is -0.137. The predicted octanol–water partition coefficient (Wildman–Crippen LogP) is 2.70. The zero-order chi connectivity index (χ0) is 13.5. The Morgan fingerprint density at radius 3 is 2.39 bits per heavy atom. The van der Waals surface area contributed by atoms with Gasteiger partial charge in [-0.3, -0.25) is 4.79 Å². The molecular formula is C10H7F5N2O. The van der Waals surface area contributed by atoms with Crippen molar-refractivity contribution in [2.75, 3.05) is 10.6 Å². The third-order valence-corrected chi connectivity index (χ3v) is 2.45. The van der Waals surface area contributed by atoms with Gasteiger partial charge in [-0.1, -0.05) is 0 Å². The smallest absolute Gasteiger partial charge is 0.367 e. The fraction of sp³-hybridized carbons (Fsp3) is 0.300. The number of hydrogen-bond donors (Lipinski definition) is 2. The van der Waals surface area contributed by atoms with Crippen molar-refractivity contribution in [1.82, 2.24) is 0 Å². The van der Waals surface area contributed by atoms with Gasteiger partial charge in [0.05, 0.1) is 16.9 Å². The molecule has 0 spiro atoms. The largest absolute Gasteiger partial charge is 0.416 e. The highest BCUT2D eigenvalue weighted by Gasteiger charge is 2.35. The number of anilines is 2. The fourth-order valence-corrected chi connectivity index (χ4v) is 1.57. The van der Waals surface area contributed by atoms with Crippen molar-refractivity contribution in [3.63, 3.8) is 0 Å². The highest BCUT2D eigenvalue weighted by molar-refractivity contribution is 6.03. The molecule has 0 aliphatic carbocycles. The molecule has 1 aliphatic rings. The summed E-state index contributed by atoms with van der Waals surface area (Å²) in [6.07, 6.45) is -7.50. The fourth-order valence-electron chi connectivity index (χ4n) is 1.57. The highest BCUT2D eigenvalue weighted by atomic mass is 19.4. The number of nitrogens with one attached hydrogen (secondary N) is 2. The molecule has 0 saturated heterocycles. The summed E-state index contributed by atoms with van der Waals surface area (Å²) >= 11 is 0. The molecule has 0 bridgehead atoms. The monoisotopic (exact) mass is 266 g/mol. The van der Waals surface area contributed by atoms with Crippen molar-refractivity contribution in [2.45, 2.75) is 18.6 Å². The highest BCUT2D eigenvalue weighted by Crippen LogP contribution is 2.36. The number of amides is 1. The van der Waals surface area contributed by atoms with Gasteiger partial charge in [-0.05, 0) is 18.2 Å². The van der Waals surface area contributed by atoms with E-state index in [1.165, 1.54) is 0 Å². The van der Waals surface area contributed by atoms with E-state index < -0.39 is 30.1 Å². The average molecular weight is 266 g/mol. The molecule has 8 heteroatoms. The molecule has 1 aromatic rings. The summed E-state index contributed by atoms with van der Waals surface area (Å²) in [7, 11) is 0. The topological polar surface area (TPSA) is 41.1 Å². The van der Waals surface area contributed by atoms with Gasteiger partial charge in [0.2, 0.25) is 0 Å². The summed E-state index contributed by atoms with van der Waals surface area (Å²) in [5.41, 5.74) is -1.08. The van der Waals surface area contributed by atoms with Crippen LogP contribution in [0, 0.1) is 0 Å². The molecule has 0 saturated carbocycles. The van der Waals surface area contributed by atoms with Gasteiger partial charge < -0.3 is 10.6 Å². The van der Waals surface area contributed by atoms with Crippen LogP contribution in [-0.2, 0) is 11.0 Å². The maximum atomic E-state index is 12.4. The first-order chi connectivity index (χ1) is 8.29. The summed E-state index contributed by atoms with van der Waals surface area (Å²) in [5, 5.41) is 4.22. The Bertz CT molecular complexity index is 486. The number of halogens is 5. The zero-order valence-electron chi connectivity index (χ0n) is 8.68. The molecule has 1 unspecified atom stereocenters. The van der Waals surface area contributed by atoms with E-state index >= 15 is 0 Å². The summed E-state index contributed by atoms with van der Waals surface area (Å²) < 4.78 is 62.1. The molecule has 98 valence electrons. The number of fused-ring (bicyclic) bond motifs is 1. The Morgan fingerprint density at radius 1 is 1.17 bits per heavy atom. The van der Waals surface area contributed by atoms with Crippen LogP contribution in [0.15, 0.2) is 18.2 Å². The first-order valence-electron chi connectivity index (χ1n) is 4.86. The van der Waals surface area contributed by atoms with Crippen molar-refractivity contribution < 1.29 is 26.7 Å². The molecule has 0 aromatic heterocycles. The molecule has 18 heavy (non-hydrogen) atoms. The molecule has 0 radical (unpaired) electrons. The normalized spacial score (nSPS) is 19.2. The Labute approximate surface area is 98.0 Å². The summed E-state index contributed by atoms with van der Waals surface area (Å²) in [6.45, 7) is 0. The first kappa shape index (κ1) is 12.6. The standard InChI is InChI=1S/C10H7F5N2O/c11-8(12)7-9(18)17-6-3-4(10(13,14)15)1-2-5(6)16-7/h1-3,7-8,16H,(H,17,18). The van der Waals surface area contributed by atoms with E-state index in [1.807, 2.05) is 5.32 Å². The van der Waals surface area contributed by atoms with Crippen molar-refractivity contribution >= 4 is 17.3 Å². The molecule has 1 amide bonds. The summed E-state index contributed by atoms with van der Waals surface area (Å²) in [5.74, 6) is -1.06. The lowest BCUT2D eigenvalue weighted by Gasteiger charge is -2.26. The van der Waals surface area contributed by atoms with Crippen LogP contribution < -0.4 is 10.6 Å². The van der Waals surface area contributed by atoms with E-state index in [9.17, 15) is 26.7 Å². The van der Waals surface area contributed by atoms with Crippen LogP contribution in [0.3, 0.4) is 0 Å². The van der Waals surface area contributed by atoms with E-state index in [1.54, 1.807) is 0 Å². The second-order valence-corrected chi connectivity index (χ2v) is 3.70. The van der Waals surface area contributed by atoms with Crippen molar-refractivity contribution in [3.8, 4) is 0 Å². The molecule has 1 atom stereocenters. The van der Waals surface area contributed by atoms with Gasteiger partial charge in [-0.2, -0.15) is 13.2 Å². The van der Waals surface area contributed by atoms with Gasteiger partial charge in [-0.25, -0.2) is 8.78 Å². The van der Waals surface area contributed by atoms with Gasteiger partial charge in [0.1, 0.15) is 0 Å². The van der Waals surface area contributed by atoms with E-state index in [-0.39, 0.29) is 11.4 Å². The van der Waals surface area contributed by atoms with Gasteiger partial charge in [-0.15, -0.1) is 0 Å². The van der Waals surface area contributed by atoms with Gasteiger partial charge in [0, 0.05) is 0 Å². The molecule has 3 nitrogen and oxygen atoms in total. The van der Waals surface area contributed by atoms with Crippen LogP contribution in [0.25, 0.3) is 0 Å². The van der Waals surface area contributed by atoms with Crippen molar-refractivity contribution in [1.29, 1.82) is 0 Å². The molecular weight excluding hydrogens is 259 g/mol. The Kier molecular flexibility index (Phi) is 2.88. The second kappa shape index (κ2) is 4.11. The number of carbonyl (C=O) groups excluding carboxylic acids is 1. The van der Waals surface area contributed by atoms with Crippen LogP contribution >= 0.6 is 0 Å². The number of carbonyl (C=O) groups is 1. The Hall–Kier alpha value is -1.86. The maximum Gasteiger partial charge on any atom is 0.416 e. The summed E-state index contributed by atoms with van der Waals surface area (Å²) in [6, 6.07) is 0.704. The molecule has 1 aromatic carbocycles. The number of alkyl halides is 5. The predicted molar refractivity (Wildman–Crippen MR) is 53.5 cm³/mol. The molecule has 2 N–H and O–H groups in total. The second-order valence-electron chi connectivity index (χ2n) is 3.70. The molecule has 0 fully saturated rings. The molecule has 2 rings (SSSR count). The zero-order valence-corrected chi connectivity index (χ0v) is 8.68. The average Bonchev–Trinajstić information content (AvgIpc) is 2.25. The van der Waals surface area contributed by atoms with Crippen LogP contribution in [0.1, 0.15) is 5.56 Å². The minimum Gasteiger partial charge on any atom is -0.367 e. The van der Waals surface area contributed by atoms with Crippen molar-refractivity contribution in [3.05, 3.63) is 23.8 Å². The van der Waals surface area contributed by atoms with Crippen LogP contribution in [0.5, 0.6) is 0 Å². The first-order valence-corrected chi connectivity index (χ1v) is 4.86.